The Bertz CT molecular complexity index is 460. The number of hydrogen-bond donors (Lipinski definition) is 3. The van der Waals surface area contributed by atoms with Crippen molar-refractivity contribution in [3.05, 3.63) is 38.7 Å². The van der Waals surface area contributed by atoms with Gasteiger partial charge in [0.15, 0.2) is 0 Å². The Morgan fingerprint density at radius 1 is 1.53 bits per heavy atom. The number of anilines is 1. The van der Waals surface area contributed by atoms with E-state index >= 15 is 0 Å². The molecule has 17 heavy (non-hydrogen) atoms. The van der Waals surface area contributed by atoms with Crippen molar-refractivity contribution < 1.29 is 10.2 Å². The average Bonchev–Trinajstić information content (AvgIpc) is 2.32. The van der Waals surface area contributed by atoms with Gasteiger partial charge in [0.25, 0.3) is 0 Å². The number of azide groups is 1. The van der Waals surface area contributed by atoms with Crippen molar-refractivity contribution in [3.8, 4) is 0 Å². The van der Waals surface area contributed by atoms with E-state index in [0.717, 1.165) is 0 Å². The van der Waals surface area contributed by atoms with Gasteiger partial charge in [0.05, 0.1) is 17.7 Å². The molecule has 0 saturated carbocycles. The van der Waals surface area contributed by atoms with Gasteiger partial charge in [0, 0.05) is 16.2 Å². The summed E-state index contributed by atoms with van der Waals surface area (Å²) in [6.45, 7) is 1.49. The second-order valence-corrected chi connectivity index (χ2v) is 3.99. The van der Waals surface area contributed by atoms with Gasteiger partial charge in [-0.3, -0.25) is 0 Å². The van der Waals surface area contributed by atoms with Crippen molar-refractivity contribution in [2.45, 2.75) is 19.1 Å². The number of nitrogen functional groups attached to an aromatic ring is 1. The van der Waals surface area contributed by atoms with E-state index < -0.39 is 12.2 Å². The first-order valence-electron chi connectivity index (χ1n) is 4.90. The summed E-state index contributed by atoms with van der Waals surface area (Å²) in [4.78, 5) is 2.51. The van der Waals surface area contributed by atoms with Gasteiger partial charge in [-0.15, -0.1) is 0 Å². The van der Waals surface area contributed by atoms with E-state index in [0.29, 0.717) is 21.8 Å². The molecule has 0 aliphatic heterocycles. The number of aliphatic hydroxyl groups excluding tert-OH is 2. The van der Waals surface area contributed by atoms with Gasteiger partial charge < -0.3 is 15.9 Å². The molecule has 4 N–H and O–H groups in total. The van der Waals surface area contributed by atoms with E-state index in [2.05, 4.69) is 10.0 Å². The second kappa shape index (κ2) is 5.75. The first kappa shape index (κ1) is 13.6. The van der Waals surface area contributed by atoms with Crippen LogP contribution in [0, 0.1) is 6.92 Å². The van der Waals surface area contributed by atoms with Crippen LogP contribution in [-0.2, 0) is 0 Å². The Balaban J connectivity index is 3.00. The van der Waals surface area contributed by atoms with Crippen LogP contribution in [0.3, 0.4) is 0 Å². The largest absolute Gasteiger partial charge is 0.398 e. The van der Waals surface area contributed by atoms with Gasteiger partial charge in [0.1, 0.15) is 6.10 Å². The minimum Gasteiger partial charge on any atom is -0.398 e. The predicted molar refractivity (Wildman–Crippen MR) is 65.6 cm³/mol. The highest BCUT2D eigenvalue weighted by Crippen LogP contribution is 2.31. The third-order valence-corrected chi connectivity index (χ3v) is 2.97. The SMILES string of the molecule is Cc1c(N)ccc(C(O)C(O)CN=[N+]=[N-])c1Cl. The van der Waals surface area contributed by atoms with Gasteiger partial charge in [-0.05, 0) is 24.1 Å². The third-order valence-electron chi connectivity index (χ3n) is 2.47. The Morgan fingerprint density at radius 2 is 2.18 bits per heavy atom. The van der Waals surface area contributed by atoms with E-state index in [9.17, 15) is 10.2 Å². The van der Waals surface area contributed by atoms with E-state index in [4.69, 9.17) is 22.9 Å². The highest BCUT2D eigenvalue weighted by molar-refractivity contribution is 6.32. The molecule has 2 atom stereocenters. The van der Waals surface area contributed by atoms with Gasteiger partial charge >= 0.3 is 0 Å². The zero-order valence-electron chi connectivity index (χ0n) is 9.21. The van der Waals surface area contributed by atoms with E-state index in [-0.39, 0.29) is 6.54 Å². The molecule has 1 aromatic rings. The highest BCUT2D eigenvalue weighted by Gasteiger charge is 2.21. The quantitative estimate of drug-likeness (QED) is 0.331. The lowest BCUT2D eigenvalue weighted by molar-refractivity contribution is 0.0244. The Labute approximate surface area is 103 Å². The second-order valence-electron chi connectivity index (χ2n) is 3.61. The van der Waals surface area contributed by atoms with Crippen LogP contribution in [0.2, 0.25) is 5.02 Å². The summed E-state index contributed by atoms with van der Waals surface area (Å²) in [7, 11) is 0. The lowest BCUT2D eigenvalue weighted by atomic mass is 10.0. The number of nitrogens with two attached hydrogens (primary N) is 1. The van der Waals surface area contributed by atoms with Crippen LogP contribution < -0.4 is 5.73 Å². The summed E-state index contributed by atoms with van der Waals surface area (Å²) < 4.78 is 0. The summed E-state index contributed by atoms with van der Waals surface area (Å²) in [6, 6.07) is 3.13. The van der Waals surface area contributed by atoms with Crippen molar-refractivity contribution in [1.29, 1.82) is 0 Å². The van der Waals surface area contributed by atoms with Crippen LogP contribution in [0.15, 0.2) is 17.2 Å². The number of nitrogens with zero attached hydrogens (tertiary/aromatic N) is 3. The lowest BCUT2D eigenvalue weighted by Gasteiger charge is -2.19. The van der Waals surface area contributed by atoms with Crippen LogP contribution in [-0.4, -0.2) is 22.9 Å². The summed E-state index contributed by atoms with van der Waals surface area (Å²) in [5, 5.41) is 22.9. The molecular weight excluding hydrogens is 244 g/mol. The molecule has 0 spiro atoms. The molecule has 6 nitrogen and oxygen atoms in total. The van der Waals surface area contributed by atoms with Crippen molar-refractivity contribution >= 4 is 17.3 Å². The minimum atomic E-state index is -1.22. The van der Waals surface area contributed by atoms with E-state index in [1.54, 1.807) is 13.0 Å². The molecule has 0 heterocycles. The number of benzene rings is 1. The molecule has 0 bridgehead atoms. The molecule has 0 fully saturated rings. The van der Waals surface area contributed by atoms with Crippen LogP contribution >= 0.6 is 11.6 Å². The standard InChI is InChI=1S/C10H13ClN4O2/c1-5-7(12)3-2-6(9(5)11)10(17)8(16)4-14-15-13/h2-3,8,10,16-17H,4,12H2,1H3. The van der Waals surface area contributed by atoms with Gasteiger partial charge in [-0.1, -0.05) is 22.8 Å². The molecule has 2 unspecified atom stereocenters. The Kier molecular flexibility index (Phi) is 4.60. The monoisotopic (exact) mass is 256 g/mol. The van der Waals surface area contributed by atoms with Crippen LogP contribution in [0.25, 0.3) is 10.4 Å². The van der Waals surface area contributed by atoms with Crippen molar-refractivity contribution in [2.75, 3.05) is 12.3 Å². The molecule has 0 aliphatic rings. The number of hydrogen-bond acceptors (Lipinski definition) is 4. The van der Waals surface area contributed by atoms with Gasteiger partial charge in [0.2, 0.25) is 0 Å². The fourth-order valence-electron chi connectivity index (χ4n) is 1.38. The van der Waals surface area contributed by atoms with E-state index in [1.807, 2.05) is 0 Å². The van der Waals surface area contributed by atoms with Crippen molar-refractivity contribution in [3.63, 3.8) is 0 Å². The molecule has 0 aromatic heterocycles. The molecule has 0 aliphatic carbocycles. The first-order chi connectivity index (χ1) is 7.99. The van der Waals surface area contributed by atoms with Gasteiger partial charge in [-0.25, -0.2) is 0 Å². The number of halogens is 1. The van der Waals surface area contributed by atoms with Crippen LogP contribution in [0.5, 0.6) is 0 Å². The maximum atomic E-state index is 9.85. The lowest BCUT2D eigenvalue weighted by Crippen LogP contribution is -2.21. The van der Waals surface area contributed by atoms with Gasteiger partial charge in [-0.2, -0.15) is 0 Å². The third kappa shape index (κ3) is 3.01. The Hall–Kier alpha value is -1.46. The summed E-state index contributed by atoms with van der Waals surface area (Å²) in [6.07, 6.45) is -2.42. The fourth-order valence-corrected chi connectivity index (χ4v) is 1.66. The molecular formula is C10H13ClN4O2. The zero-order valence-corrected chi connectivity index (χ0v) is 9.96. The van der Waals surface area contributed by atoms with Crippen LogP contribution in [0.1, 0.15) is 17.2 Å². The van der Waals surface area contributed by atoms with Crippen LogP contribution in [0.4, 0.5) is 5.69 Å². The normalized spacial score (nSPS) is 13.9. The molecule has 92 valence electrons. The summed E-state index contributed by atoms with van der Waals surface area (Å²) in [5.74, 6) is 0. The number of aliphatic hydroxyl groups is 2. The highest BCUT2D eigenvalue weighted by atomic mass is 35.5. The summed E-state index contributed by atoms with van der Waals surface area (Å²) in [5.41, 5.74) is 15.3. The average molecular weight is 257 g/mol. The Morgan fingerprint density at radius 3 is 2.76 bits per heavy atom. The molecule has 1 aromatic carbocycles. The molecule has 0 amide bonds. The van der Waals surface area contributed by atoms with E-state index in [1.165, 1.54) is 6.07 Å². The molecule has 0 radical (unpaired) electrons. The zero-order chi connectivity index (χ0) is 13.0. The van der Waals surface area contributed by atoms with Crippen molar-refractivity contribution in [2.24, 2.45) is 5.11 Å². The fraction of sp³-hybridized carbons (Fsp3) is 0.400. The molecule has 7 heteroatoms. The topological polar surface area (TPSA) is 115 Å². The molecule has 1 rings (SSSR count). The minimum absolute atomic E-state index is 0.225. The maximum absolute atomic E-state index is 9.85. The maximum Gasteiger partial charge on any atom is 0.106 e. The number of rotatable bonds is 4. The summed E-state index contributed by atoms with van der Waals surface area (Å²) >= 11 is 6.02. The molecule has 0 saturated heterocycles. The van der Waals surface area contributed by atoms with Crippen molar-refractivity contribution in [1.82, 2.24) is 0 Å². The first-order valence-corrected chi connectivity index (χ1v) is 5.28. The predicted octanol–water partition coefficient (Wildman–Crippen LogP) is 1.94. The smallest absolute Gasteiger partial charge is 0.106 e.